The standard InChI is InChI=1S/C49H37Cl2N5O6/c50-40-18-9-31(19-41(40)51)28-61-39-16-14-34(15-17-39)46-48(58)54-42-21-37-22-44(56(27-38(37)23-45(42)62-46)26-36-4-2-1-3-35(36)25-53)47(57)55-43(49(59)60)20-29-5-10-32(11-6-29)33-12-7-30(24-52)8-13-33/h1-19,21,23,43-44,46H,20,22,26-28H2,(H,54,58)(H,55,57)(H,59,60)/t43-,44-,46?/m0/s1. The summed E-state index contributed by atoms with van der Waals surface area (Å²) in [7, 11) is 0. The summed E-state index contributed by atoms with van der Waals surface area (Å²) in [5, 5.41) is 36.0. The average Bonchev–Trinajstić information content (AvgIpc) is 3.28. The molecule has 2 amide bonds. The van der Waals surface area contributed by atoms with Crippen LogP contribution in [0.3, 0.4) is 0 Å². The molecule has 3 N–H and O–H groups in total. The first-order valence-electron chi connectivity index (χ1n) is 19.7. The van der Waals surface area contributed by atoms with Gasteiger partial charge in [0.25, 0.3) is 5.91 Å². The van der Waals surface area contributed by atoms with Gasteiger partial charge in [-0.3, -0.25) is 14.5 Å². The molecule has 3 atom stereocenters. The number of aliphatic carboxylic acids is 1. The normalized spacial score (nSPS) is 16.0. The highest BCUT2D eigenvalue weighted by Gasteiger charge is 2.37. The van der Waals surface area contributed by atoms with Crippen molar-refractivity contribution in [2.75, 3.05) is 5.32 Å². The molecule has 2 aliphatic rings. The summed E-state index contributed by atoms with van der Waals surface area (Å²) in [6.45, 7) is 0.794. The minimum Gasteiger partial charge on any atom is -0.489 e. The minimum absolute atomic E-state index is 0.0435. The molecule has 0 spiro atoms. The Morgan fingerprint density at radius 3 is 2.26 bits per heavy atom. The highest BCUT2D eigenvalue weighted by molar-refractivity contribution is 6.42. The number of nitrogens with one attached hydrogen (secondary N) is 2. The van der Waals surface area contributed by atoms with Gasteiger partial charge < -0.3 is 25.2 Å². The van der Waals surface area contributed by atoms with Gasteiger partial charge in [-0.1, -0.05) is 96.0 Å². The smallest absolute Gasteiger partial charge is 0.326 e. The average molecular weight is 863 g/mol. The molecule has 0 radical (unpaired) electrons. The van der Waals surface area contributed by atoms with Gasteiger partial charge in [0.2, 0.25) is 12.0 Å². The fourth-order valence-corrected chi connectivity index (χ4v) is 8.00. The molecule has 11 nitrogen and oxygen atoms in total. The van der Waals surface area contributed by atoms with Crippen molar-refractivity contribution in [2.45, 2.75) is 50.7 Å². The summed E-state index contributed by atoms with van der Waals surface area (Å²) >= 11 is 12.2. The maximum atomic E-state index is 14.2. The number of halogens is 2. The van der Waals surface area contributed by atoms with E-state index >= 15 is 0 Å². The molecule has 1 unspecified atom stereocenters. The number of benzene rings is 6. The molecule has 0 bridgehead atoms. The van der Waals surface area contributed by atoms with E-state index in [0.29, 0.717) is 49.5 Å². The van der Waals surface area contributed by atoms with E-state index in [0.717, 1.165) is 33.4 Å². The zero-order chi connectivity index (χ0) is 43.3. The Bertz CT molecular complexity index is 2770. The second-order valence-electron chi connectivity index (χ2n) is 15.1. The van der Waals surface area contributed by atoms with Gasteiger partial charge in [0.05, 0.1) is 45.0 Å². The zero-order valence-electron chi connectivity index (χ0n) is 33.0. The van der Waals surface area contributed by atoms with Gasteiger partial charge >= 0.3 is 5.97 Å². The van der Waals surface area contributed by atoms with Gasteiger partial charge in [-0.15, -0.1) is 0 Å². The van der Waals surface area contributed by atoms with E-state index in [2.05, 4.69) is 22.8 Å². The van der Waals surface area contributed by atoms with Crippen LogP contribution in [0.5, 0.6) is 11.5 Å². The van der Waals surface area contributed by atoms with Crippen molar-refractivity contribution in [1.82, 2.24) is 10.2 Å². The molecule has 6 aromatic carbocycles. The number of carbonyl (C=O) groups is 3. The third kappa shape index (κ3) is 9.26. The van der Waals surface area contributed by atoms with Gasteiger partial charge in [0.15, 0.2) is 0 Å². The predicted molar refractivity (Wildman–Crippen MR) is 233 cm³/mol. The SMILES string of the molecule is N#Cc1ccc(-c2ccc(C[C@H](NC(=O)[C@@H]3Cc4cc5c(cc4CN3Cc3ccccc3C#N)OC(c3ccc(OCc4ccc(Cl)c(Cl)c4)cc3)C(=O)N5)C(=O)O)cc2)cc1. The number of rotatable bonds is 12. The Morgan fingerprint density at radius 2 is 1.56 bits per heavy atom. The maximum absolute atomic E-state index is 14.2. The van der Waals surface area contributed by atoms with Crippen molar-refractivity contribution in [3.05, 3.63) is 182 Å². The fourth-order valence-electron chi connectivity index (χ4n) is 7.68. The van der Waals surface area contributed by atoms with Gasteiger partial charge in [0, 0.05) is 25.1 Å². The number of carbonyl (C=O) groups excluding carboxylic acids is 2. The molecular formula is C49H37Cl2N5O6. The largest absolute Gasteiger partial charge is 0.489 e. The van der Waals surface area contributed by atoms with E-state index in [-0.39, 0.29) is 38.4 Å². The van der Waals surface area contributed by atoms with Crippen LogP contribution in [0.25, 0.3) is 11.1 Å². The van der Waals surface area contributed by atoms with Crippen molar-refractivity contribution < 1.29 is 29.0 Å². The summed E-state index contributed by atoms with van der Waals surface area (Å²) < 4.78 is 12.3. The molecule has 308 valence electrons. The topological polar surface area (TPSA) is 165 Å². The number of nitrogens with zero attached hydrogens (tertiary/aromatic N) is 3. The van der Waals surface area contributed by atoms with E-state index in [1.165, 1.54) is 0 Å². The third-order valence-corrected chi connectivity index (χ3v) is 11.8. The fraction of sp³-hybridized carbons (Fsp3) is 0.163. The van der Waals surface area contributed by atoms with Crippen LogP contribution in [-0.2, 0) is 46.9 Å². The number of carboxylic acid groups (broad SMARTS) is 1. The first-order chi connectivity index (χ1) is 30.0. The number of nitriles is 2. The van der Waals surface area contributed by atoms with E-state index < -0.39 is 30.1 Å². The first kappa shape index (κ1) is 41.6. The maximum Gasteiger partial charge on any atom is 0.326 e. The molecule has 6 aromatic rings. The Kier molecular flexibility index (Phi) is 12.2. The lowest BCUT2D eigenvalue weighted by molar-refractivity contribution is -0.142. The summed E-state index contributed by atoms with van der Waals surface area (Å²) in [6.07, 6.45) is -0.690. The third-order valence-electron chi connectivity index (χ3n) is 11.0. The van der Waals surface area contributed by atoms with Crippen molar-refractivity contribution in [1.29, 1.82) is 10.5 Å². The molecule has 0 aromatic heterocycles. The molecule has 0 saturated carbocycles. The Labute approximate surface area is 367 Å². The Balaban J connectivity index is 0.995. The molecule has 2 aliphatic heterocycles. The lowest BCUT2D eigenvalue weighted by Crippen LogP contribution is -2.54. The van der Waals surface area contributed by atoms with Gasteiger partial charge in [0.1, 0.15) is 24.1 Å². The summed E-state index contributed by atoms with van der Waals surface area (Å²) in [5.41, 5.74) is 7.86. The summed E-state index contributed by atoms with van der Waals surface area (Å²) in [5.74, 6) is -0.970. The van der Waals surface area contributed by atoms with Crippen LogP contribution in [0.1, 0.15) is 50.6 Å². The first-order valence-corrected chi connectivity index (χ1v) is 20.5. The second-order valence-corrected chi connectivity index (χ2v) is 15.9. The summed E-state index contributed by atoms with van der Waals surface area (Å²) in [6, 6.07) is 40.1. The van der Waals surface area contributed by atoms with Crippen LogP contribution in [0.15, 0.2) is 127 Å². The Morgan fingerprint density at radius 1 is 0.855 bits per heavy atom. The van der Waals surface area contributed by atoms with E-state index in [9.17, 15) is 24.8 Å². The van der Waals surface area contributed by atoms with Crippen molar-refractivity contribution in [2.24, 2.45) is 0 Å². The lowest BCUT2D eigenvalue weighted by Gasteiger charge is -2.38. The Hall–Kier alpha value is -7.15. The zero-order valence-corrected chi connectivity index (χ0v) is 34.5. The highest BCUT2D eigenvalue weighted by atomic mass is 35.5. The molecule has 0 aliphatic carbocycles. The number of amides is 2. The van der Waals surface area contributed by atoms with Crippen LogP contribution < -0.4 is 20.1 Å². The number of fused-ring (bicyclic) bond motifs is 2. The predicted octanol–water partition coefficient (Wildman–Crippen LogP) is 8.79. The minimum atomic E-state index is -1.23. The lowest BCUT2D eigenvalue weighted by atomic mass is 9.91. The molecular weight excluding hydrogens is 825 g/mol. The molecule has 0 fully saturated rings. The summed E-state index contributed by atoms with van der Waals surface area (Å²) in [4.78, 5) is 42.2. The van der Waals surface area contributed by atoms with Crippen LogP contribution in [0.2, 0.25) is 10.0 Å². The monoisotopic (exact) mass is 861 g/mol. The van der Waals surface area contributed by atoms with Gasteiger partial charge in [-0.25, -0.2) is 4.79 Å². The van der Waals surface area contributed by atoms with Crippen molar-refractivity contribution in [3.63, 3.8) is 0 Å². The number of hydrogen-bond acceptors (Lipinski definition) is 8. The van der Waals surface area contributed by atoms with Crippen LogP contribution >= 0.6 is 23.2 Å². The molecule has 62 heavy (non-hydrogen) atoms. The molecule has 2 heterocycles. The number of ether oxygens (including phenoxy) is 2. The highest BCUT2D eigenvalue weighted by Crippen LogP contribution is 2.40. The van der Waals surface area contributed by atoms with Gasteiger partial charge in [-0.05, 0) is 100.0 Å². The van der Waals surface area contributed by atoms with E-state index in [4.69, 9.17) is 37.9 Å². The number of carboxylic acids is 1. The van der Waals surface area contributed by atoms with Crippen LogP contribution in [-0.4, -0.2) is 39.9 Å². The van der Waals surface area contributed by atoms with Crippen LogP contribution in [0, 0.1) is 22.7 Å². The van der Waals surface area contributed by atoms with Gasteiger partial charge in [-0.2, -0.15) is 10.5 Å². The second kappa shape index (κ2) is 18.2. The van der Waals surface area contributed by atoms with E-state index in [1.807, 2.05) is 71.6 Å². The molecule has 13 heteroatoms. The number of hydrogen-bond donors (Lipinski definition) is 3. The molecule has 8 rings (SSSR count). The number of anilines is 1. The van der Waals surface area contributed by atoms with Crippen LogP contribution in [0.4, 0.5) is 5.69 Å². The quantitative estimate of drug-likeness (QED) is 0.109. The van der Waals surface area contributed by atoms with Crippen molar-refractivity contribution >= 4 is 46.7 Å². The molecule has 0 saturated heterocycles. The van der Waals surface area contributed by atoms with Crippen molar-refractivity contribution in [3.8, 4) is 34.8 Å². The van der Waals surface area contributed by atoms with E-state index in [1.54, 1.807) is 60.7 Å².